The first kappa shape index (κ1) is 23.5. The third-order valence-electron chi connectivity index (χ3n) is 4.32. The molecule has 0 aromatic heterocycles. The molecule has 0 bridgehead atoms. The number of carbonyl (C=O) groups is 3. The minimum atomic E-state index is -1.15. The molecule has 0 aliphatic carbocycles. The van der Waals surface area contributed by atoms with Gasteiger partial charge in [-0.05, 0) is 32.1 Å². The van der Waals surface area contributed by atoms with Gasteiger partial charge in [0.25, 0.3) is 0 Å². The molecule has 0 spiro atoms. The first-order valence-corrected chi connectivity index (χ1v) is 10.1. The zero-order valence-electron chi connectivity index (χ0n) is 15.4. The maximum Gasteiger partial charge on any atom is 0.315 e. The van der Waals surface area contributed by atoms with Gasteiger partial charge in [0.1, 0.15) is 5.79 Å². The number of thioether (sulfide) groups is 1. The highest BCUT2D eigenvalue weighted by Gasteiger charge is 2.42. The first-order valence-electron chi connectivity index (χ1n) is 9.07. The van der Waals surface area contributed by atoms with Crippen LogP contribution in [0.4, 0.5) is 4.79 Å². The second kappa shape index (κ2) is 11.3. The fraction of sp³-hybridized carbons (Fsp3) is 0.812. The van der Waals surface area contributed by atoms with Gasteiger partial charge < -0.3 is 38.0 Å². The molecule has 2 aliphatic heterocycles. The molecule has 0 radical (unpaired) electrons. The second-order valence-corrected chi connectivity index (χ2v) is 8.25. The van der Waals surface area contributed by atoms with E-state index in [0.29, 0.717) is 24.5 Å². The molecule has 3 atom stereocenters. The van der Waals surface area contributed by atoms with Crippen molar-refractivity contribution in [3.05, 3.63) is 0 Å². The Hall–Kier alpha value is -1.56. The smallest absolute Gasteiger partial charge is 0.315 e. The van der Waals surface area contributed by atoms with Crippen LogP contribution in [0.5, 0.6) is 0 Å². The number of unbranched alkanes of at least 4 members (excludes halogenated alkanes) is 2. The zero-order chi connectivity index (χ0) is 20.4. The summed E-state index contributed by atoms with van der Waals surface area (Å²) in [7, 11) is 0. The summed E-state index contributed by atoms with van der Waals surface area (Å²) < 4.78 is 0. The number of nitrogens with one attached hydrogen (secondary N) is 2. The first-order chi connectivity index (χ1) is 12.6. The van der Waals surface area contributed by atoms with Crippen LogP contribution in [0.1, 0.15) is 51.4 Å². The summed E-state index contributed by atoms with van der Waals surface area (Å²) in [6, 6.07) is 0.440. The lowest BCUT2D eigenvalue weighted by Crippen LogP contribution is -2.57. The van der Waals surface area contributed by atoms with Crippen molar-refractivity contribution in [1.82, 2.24) is 10.6 Å². The quantitative estimate of drug-likeness (QED) is 0.148. The van der Waals surface area contributed by atoms with E-state index in [2.05, 4.69) is 10.6 Å². The maximum atomic E-state index is 11.1. The number of hydrogen-bond donors (Lipinski definition) is 7. The number of nitrogens with two attached hydrogens (primary N) is 3. The average molecular weight is 406 g/mol. The molecule has 2 rings (SSSR count). The number of carboxylic acids is 2. The molecule has 0 saturated carbocycles. The monoisotopic (exact) mass is 405 g/mol. The van der Waals surface area contributed by atoms with Gasteiger partial charge in [-0.3, -0.25) is 9.59 Å². The topological polar surface area (TPSA) is 194 Å². The number of carboxylic acid groups (broad SMARTS) is 2. The van der Waals surface area contributed by atoms with Crippen LogP contribution in [0.2, 0.25) is 0 Å². The number of aliphatic carboxylic acids is 2. The van der Waals surface area contributed by atoms with Crippen LogP contribution < -0.4 is 27.8 Å². The molecule has 156 valence electrons. The highest BCUT2D eigenvalue weighted by Crippen LogP contribution is 2.33. The highest BCUT2D eigenvalue weighted by molar-refractivity contribution is 8.00. The number of hydrogen-bond acceptors (Lipinski definition) is 7. The summed E-state index contributed by atoms with van der Waals surface area (Å²) in [5.41, 5.74) is 15.8. The summed E-state index contributed by atoms with van der Waals surface area (Å²) in [6.45, 7) is 0. The van der Waals surface area contributed by atoms with Gasteiger partial charge in [0.2, 0.25) is 0 Å². The van der Waals surface area contributed by atoms with Gasteiger partial charge in [-0.2, -0.15) is 11.8 Å². The predicted octanol–water partition coefficient (Wildman–Crippen LogP) is -0.0419. The van der Waals surface area contributed by atoms with Gasteiger partial charge in [0.15, 0.2) is 0 Å². The van der Waals surface area contributed by atoms with Crippen molar-refractivity contribution in [3.63, 3.8) is 0 Å². The number of rotatable bonds is 10. The molecule has 2 heterocycles. The maximum absolute atomic E-state index is 11.1. The summed E-state index contributed by atoms with van der Waals surface area (Å²) >= 11 is 1.87. The Morgan fingerprint density at radius 1 is 1.04 bits per heavy atom. The van der Waals surface area contributed by atoms with E-state index in [4.69, 9.17) is 27.4 Å². The van der Waals surface area contributed by atoms with Crippen molar-refractivity contribution in [2.45, 2.75) is 74.5 Å². The normalized spacial score (nSPS) is 23.7. The van der Waals surface area contributed by atoms with E-state index < -0.39 is 17.7 Å². The fourth-order valence-electron chi connectivity index (χ4n) is 2.97. The van der Waals surface area contributed by atoms with Gasteiger partial charge in [0, 0.05) is 23.8 Å². The molecule has 0 aromatic carbocycles. The lowest BCUT2D eigenvalue weighted by Gasteiger charge is -2.17. The third-order valence-corrected chi connectivity index (χ3v) is 5.83. The van der Waals surface area contributed by atoms with Gasteiger partial charge in [-0.1, -0.05) is 6.42 Å². The van der Waals surface area contributed by atoms with Crippen molar-refractivity contribution in [1.29, 1.82) is 0 Å². The number of fused-ring (bicyclic) bond motifs is 1. The van der Waals surface area contributed by atoms with Crippen LogP contribution in [-0.4, -0.2) is 57.1 Å². The summed E-state index contributed by atoms with van der Waals surface area (Å²) in [4.78, 5) is 31.5. The molecule has 27 heavy (non-hydrogen) atoms. The number of amides is 2. The van der Waals surface area contributed by atoms with E-state index in [9.17, 15) is 14.4 Å². The molecule has 0 aromatic rings. The minimum Gasteiger partial charge on any atom is -0.481 e. The van der Waals surface area contributed by atoms with Crippen molar-refractivity contribution in [2.24, 2.45) is 17.2 Å². The lowest BCUT2D eigenvalue weighted by molar-refractivity contribution is -0.138. The molecular weight excluding hydrogens is 374 g/mol. The molecule has 0 unspecified atom stereocenters. The largest absolute Gasteiger partial charge is 0.481 e. The molecule has 2 amide bonds. The van der Waals surface area contributed by atoms with Crippen molar-refractivity contribution >= 4 is 29.7 Å². The predicted molar refractivity (Wildman–Crippen MR) is 103 cm³/mol. The molecule has 10 nitrogen and oxygen atoms in total. The van der Waals surface area contributed by atoms with E-state index in [1.54, 1.807) is 0 Å². The molecular formula is C16H31N5O5S. The van der Waals surface area contributed by atoms with Gasteiger partial charge in [-0.25, -0.2) is 4.79 Å². The molecule has 11 heteroatoms. The second-order valence-electron chi connectivity index (χ2n) is 6.97. The van der Waals surface area contributed by atoms with Gasteiger partial charge >= 0.3 is 18.0 Å². The Labute approximate surface area is 163 Å². The van der Waals surface area contributed by atoms with Crippen LogP contribution in [0, 0.1) is 0 Å². The van der Waals surface area contributed by atoms with Crippen LogP contribution in [0.3, 0.4) is 0 Å². The minimum absolute atomic E-state index is 0.0640. The average Bonchev–Trinajstić information content (AvgIpc) is 3.07. The van der Waals surface area contributed by atoms with Crippen LogP contribution >= 0.6 is 11.8 Å². The standard InChI is InChI=1S/C10H16N2O3S.C6H15N3O2/c13-8(14)4-2-1-3-7-9-6(5-16-7)11-10(15)12-9;7-6(8,9)4-2-1-3-5(10)11/h6-7,9H,1-5H2,(H,13,14)(H2,11,12,15);1-4,7-9H2,(H,10,11)/t6-,7-,9-;/m0./s1. The number of carbonyl (C=O) groups excluding carboxylic acids is 1. The highest BCUT2D eigenvalue weighted by atomic mass is 32.2. The van der Waals surface area contributed by atoms with E-state index in [0.717, 1.165) is 25.0 Å². The van der Waals surface area contributed by atoms with E-state index in [1.807, 2.05) is 11.8 Å². The zero-order valence-corrected chi connectivity index (χ0v) is 16.2. The Morgan fingerprint density at radius 2 is 1.63 bits per heavy atom. The third kappa shape index (κ3) is 10.4. The van der Waals surface area contributed by atoms with E-state index >= 15 is 0 Å². The molecule has 2 aliphatic rings. The van der Waals surface area contributed by atoms with E-state index in [-0.39, 0.29) is 31.0 Å². The van der Waals surface area contributed by atoms with Crippen LogP contribution in [0.15, 0.2) is 0 Å². The SMILES string of the molecule is NC(N)(N)CCCCC(=O)O.O=C(O)CCCC[C@@H]1SC[C@@H]2NC(=O)N[C@@H]21. The Bertz CT molecular complexity index is 514. The van der Waals surface area contributed by atoms with Crippen molar-refractivity contribution in [3.8, 4) is 0 Å². The van der Waals surface area contributed by atoms with E-state index in [1.165, 1.54) is 0 Å². The molecule has 10 N–H and O–H groups in total. The van der Waals surface area contributed by atoms with Crippen LogP contribution in [-0.2, 0) is 9.59 Å². The molecule has 2 fully saturated rings. The Morgan fingerprint density at radius 3 is 2.19 bits per heavy atom. The summed E-state index contributed by atoms with van der Waals surface area (Å²) in [6.07, 6.45) is 4.69. The van der Waals surface area contributed by atoms with Crippen molar-refractivity contribution in [2.75, 3.05) is 5.75 Å². The Balaban J connectivity index is 0.000000293. The van der Waals surface area contributed by atoms with Crippen LogP contribution in [0.25, 0.3) is 0 Å². The lowest BCUT2D eigenvalue weighted by atomic mass is 10.0. The molecule has 2 saturated heterocycles. The summed E-state index contributed by atoms with van der Waals surface area (Å²) in [5, 5.41) is 23.0. The Kier molecular flexibility index (Phi) is 9.84. The van der Waals surface area contributed by atoms with Crippen molar-refractivity contribution < 1.29 is 24.6 Å². The fourth-order valence-corrected chi connectivity index (χ4v) is 4.52. The van der Waals surface area contributed by atoms with Gasteiger partial charge in [-0.15, -0.1) is 0 Å². The van der Waals surface area contributed by atoms with Gasteiger partial charge in [0.05, 0.1) is 12.1 Å². The summed E-state index contributed by atoms with van der Waals surface area (Å²) in [5.74, 6) is -1.72. The number of urea groups is 1.